The number of aromatic nitrogens is 3. The molecule has 0 amide bonds. The number of hydrogen-bond acceptors (Lipinski definition) is 7. The normalized spacial score (nSPS) is 12.5. The van der Waals surface area contributed by atoms with Gasteiger partial charge in [-0.15, -0.1) is 10.2 Å². The zero-order valence-electron chi connectivity index (χ0n) is 16.6. The lowest BCUT2D eigenvalue weighted by molar-refractivity contribution is -0.137. The van der Waals surface area contributed by atoms with Crippen molar-refractivity contribution in [3.05, 3.63) is 77.6 Å². The van der Waals surface area contributed by atoms with Gasteiger partial charge in [0.05, 0.1) is 13.2 Å². The summed E-state index contributed by atoms with van der Waals surface area (Å²) in [6, 6.07) is 18.7. The smallest absolute Gasteiger partial charge is 0.321 e. The molecule has 30 heavy (non-hydrogen) atoms. The fourth-order valence-electron chi connectivity index (χ4n) is 3.14. The number of aryl methyl sites for hydroxylation is 1. The van der Waals surface area contributed by atoms with Crippen LogP contribution in [-0.2, 0) is 38.8 Å². The maximum atomic E-state index is 12.8. The molecule has 9 heteroatoms. The fourth-order valence-corrected chi connectivity index (χ4v) is 4.38. The Balaban J connectivity index is 1.93. The van der Waals surface area contributed by atoms with Crippen molar-refractivity contribution in [2.75, 3.05) is 12.9 Å². The molecule has 1 heterocycles. The molecule has 2 aromatic carbocycles. The molecule has 1 aromatic heterocycles. The number of hydrogen-bond donors (Lipinski definition) is 1. The third-order valence-corrected chi connectivity index (χ3v) is 6.13. The number of nitrogens with zero attached hydrogens (tertiary/aromatic N) is 3. The van der Waals surface area contributed by atoms with Crippen LogP contribution in [0, 0.1) is 0 Å². The molecule has 0 aliphatic carbocycles. The molecular formula is C21H24N4O4S. The van der Waals surface area contributed by atoms with Gasteiger partial charge < -0.3 is 15.0 Å². The first-order chi connectivity index (χ1) is 14.4. The average Bonchev–Trinajstić information content (AvgIpc) is 3.18. The number of methoxy groups -OCH3 is 1. The quantitative estimate of drug-likeness (QED) is 0.516. The molecule has 0 spiro atoms. The summed E-state index contributed by atoms with van der Waals surface area (Å²) < 4.78 is 31.5. The summed E-state index contributed by atoms with van der Waals surface area (Å²) in [6.45, 7) is 0.310. The second-order valence-corrected chi connectivity index (χ2v) is 8.74. The molecule has 0 saturated carbocycles. The van der Waals surface area contributed by atoms with Crippen LogP contribution in [0.1, 0.15) is 23.0 Å². The SMILES string of the molecule is COC(=O)CS(=O)(=O)c1nnc([C@@H](N)Cc2ccccc2)n1CCc1ccccc1. The van der Waals surface area contributed by atoms with E-state index in [4.69, 9.17) is 5.73 Å². The van der Waals surface area contributed by atoms with Gasteiger partial charge in [-0.2, -0.15) is 0 Å². The molecular weight excluding hydrogens is 404 g/mol. The zero-order valence-corrected chi connectivity index (χ0v) is 17.5. The Morgan fingerprint density at radius 3 is 2.23 bits per heavy atom. The lowest BCUT2D eigenvalue weighted by Crippen LogP contribution is -2.24. The summed E-state index contributed by atoms with van der Waals surface area (Å²) in [5.41, 5.74) is 8.41. The highest BCUT2D eigenvalue weighted by atomic mass is 32.2. The Labute approximate surface area is 175 Å². The van der Waals surface area contributed by atoms with Gasteiger partial charge in [-0.3, -0.25) is 4.79 Å². The molecule has 0 aliphatic rings. The molecule has 0 unspecified atom stereocenters. The standard InChI is InChI=1S/C21H24N4O4S/c1-29-19(26)15-30(27,28)21-24-23-20(18(22)14-17-10-6-3-7-11-17)25(21)13-12-16-8-4-2-5-9-16/h2-11,18H,12-15,22H2,1H3/t18-/m0/s1. The summed E-state index contributed by atoms with van der Waals surface area (Å²) in [5.74, 6) is -1.30. The molecule has 0 radical (unpaired) electrons. The minimum atomic E-state index is -4.03. The summed E-state index contributed by atoms with van der Waals surface area (Å²) >= 11 is 0. The average molecular weight is 429 g/mol. The maximum absolute atomic E-state index is 12.8. The lowest BCUT2D eigenvalue weighted by atomic mass is 10.1. The number of sulfone groups is 1. The molecule has 0 bridgehead atoms. The predicted octanol–water partition coefficient (Wildman–Crippen LogP) is 1.71. The number of esters is 1. The first-order valence-electron chi connectivity index (χ1n) is 9.47. The largest absolute Gasteiger partial charge is 0.468 e. The Bertz CT molecular complexity index is 1080. The summed E-state index contributed by atoms with van der Waals surface area (Å²) in [5, 5.41) is 7.69. The third kappa shape index (κ3) is 5.31. The van der Waals surface area contributed by atoms with Crippen LogP contribution in [0.25, 0.3) is 0 Å². The Kier molecular flexibility index (Phi) is 6.96. The maximum Gasteiger partial charge on any atom is 0.321 e. The van der Waals surface area contributed by atoms with Gasteiger partial charge >= 0.3 is 5.97 Å². The van der Waals surface area contributed by atoms with Crippen molar-refractivity contribution < 1.29 is 17.9 Å². The molecule has 0 fully saturated rings. The van der Waals surface area contributed by atoms with Crippen molar-refractivity contribution in [1.82, 2.24) is 14.8 Å². The molecule has 0 saturated heterocycles. The Hall–Kier alpha value is -3.04. The van der Waals surface area contributed by atoms with Gasteiger partial charge in [0.25, 0.3) is 0 Å². The summed E-state index contributed by atoms with van der Waals surface area (Å²) in [7, 11) is -2.89. The third-order valence-electron chi connectivity index (χ3n) is 4.66. The molecule has 3 rings (SSSR count). The highest BCUT2D eigenvalue weighted by Gasteiger charge is 2.29. The van der Waals surface area contributed by atoms with Crippen LogP contribution < -0.4 is 5.73 Å². The first kappa shape index (κ1) is 21.7. The summed E-state index contributed by atoms with van der Waals surface area (Å²) in [6.07, 6.45) is 1.03. The van der Waals surface area contributed by atoms with Crippen LogP contribution in [0.15, 0.2) is 65.8 Å². The van der Waals surface area contributed by atoms with E-state index >= 15 is 0 Å². The fraction of sp³-hybridized carbons (Fsp3) is 0.286. The Morgan fingerprint density at radius 1 is 1.03 bits per heavy atom. The van der Waals surface area contributed by atoms with E-state index in [0.29, 0.717) is 25.2 Å². The summed E-state index contributed by atoms with van der Waals surface area (Å²) in [4.78, 5) is 11.6. The van der Waals surface area contributed by atoms with E-state index in [9.17, 15) is 13.2 Å². The van der Waals surface area contributed by atoms with Gasteiger partial charge in [-0.05, 0) is 24.0 Å². The molecule has 2 N–H and O–H groups in total. The second-order valence-electron chi connectivity index (χ2n) is 6.86. The molecule has 1 atom stereocenters. The van der Waals surface area contributed by atoms with Crippen molar-refractivity contribution in [3.63, 3.8) is 0 Å². The molecule has 8 nitrogen and oxygen atoms in total. The van der Waals surface area contributed by atoms with Crippen molar-refractivity contribution >= 4 is 15.8 Å². The number of benzene rings is 2. The van der Waals surface area contributed by atoms with Crippen LogP contribution in [0.3, 0.4) is 0 Å². The van der Waals surface area contributed by atoms with E-state index in [1.165, 1.54) is 4.57 Å². The van der Waals surface area contributed by atoms with Crippen LogP contribution in [0.5, 0.6) is 0 Å². The van der Waals surface area contributed by atoms with Gasteiger partial charge in [0.2, 0.25) is 15.0 Å². The minimum absolute atomic E-state index is 0.276. The highest BCUT2D eigenvalue weighted by molar-refractivity contribution is 7.91. The van der Waals surface area contributed by atoms with E-state index in [1.807, 2.05) is 60.7 Å². The Morgan fingerprint density at radius 2 is 1.63 bits per heavy atom. The number of rotatable bonds is 9. The van der Waals surface area contributed by atoms with Crippen LogP contribution in [0.2, 0.25) is 0 Å². The van der Waals surface area contributed by atoms with E-state index in [2.05, 4.69) is 14.9 Å². The van der Waals surface area contributed by atoms with Crippen molar-refractivity contribution in [2.45, 2.75) is 30.6 Å². The lowest BCUT2D eigenvalue weighted by Gasteiger charge is -2.15. The van der Waals surface area contributed by atoms with Crippen LogP contribution >= 0.6 is 0 Å². The predicted molar refractivity (Wildman–Crippen MR) is 111 cm³/mol. The topological polar surface area (TPSA) is 117 Å². The van der Waals surface area contributed by atoms with Gasteiger partial charge in [-0.25, -0.2) is 8.42 Å². The van der Waals surface area contributed by atoms with Crippen molar-refractivity contribution in [2.24, 2.45) is 5.73 Å². The second kappa shape index (κ2) is 9.64. The van der Waals surface area contributed by atoms with Gasteiger partial charge in [0, 0.05) is 6.54 Å². The van der Waals surface area contributed by atoms with Crippen molar-refractivity contribution in [3.8, 4) is 0 Å². The van der Waals surface area contributed by atoms with E-state index in [0.717, 1.165) is 18.2 Å². The van der Waals surface area contributed by atoms with Crippen LogP contribution in [0.4, 0.5) is 0 Å². The van der Waals surface area contributed by atoms with Crippen molar-refractivity contribution in [1.29, 1.82) is 0 Å². The van der Waals surface area contributed by atoms with Gasteiger partial charge in [0.15, 0.2) is 11.6 Å². The van der Waals surface area contributed by atoms with E-state index < -0.39 is 27.6 Å². The highest BCUT2D eigenvalue weighted by Crippen LogP contribution is 2.20. The van der Waals surface area contributed by atoms with E-state index in [1.54, 1.807) is 0 Å². The molecule has 3 aromatic rings. The minimum Gasteiger partial charge on any atom is -0.468 e. The molecule has 158 valence electrons. The van der Waals surface area contributed by atoms with Crippen LogP contribution in [-0.4, -0.2) is 42.0 Å². The number of nitrogens with two attached hydrogens (primary N) is 1. The van der Waals surface area contributed by atoms with Gasteiger partial charge in [0.1, 0.15) is 0 Å². The first-order valence-corrected chi connectivity index (χ1v) is 11.1. The number of carbonyl (C=O) groups is 1. The molecule has 0 aliphatic heterocycles. The monoisotopic (exact) mass is 428 g/mol. The number of carbonyl (C=O) groups excluding carboxylic acids is 1. The van der Waals surface area contributed by atoms with Gasteiger partial charge in [-0.1, -0.05) is 60.7 Å². The zero-order chi connectivity index (χ0) is 21.6. The number of ether oxygens (including phenoxy) is 1. The van der Waals surface area contributed by atoms with E-state index in [-0.39, 0.29) is 5.16 Å².